The number of benzene rings is 1. The highest BCUT2D eigenvalue weighted by molar-refractivity contribution is 5.90. The Morgan fingerprint density at radius 1 is 1.26 bits per heavy atom. The van der Waals surface area contributed by atoms with Gasteiger partial charge in [0.25, 0.3) is 0 Å². The molecular formula is C16H23NO2. The molecule has 0 amide bonds. The number of hydrogen-bond donors (Lipinski definition) is 1. The SMILES string of the molecule is CCCN[C@@]1(c2ccc(OC)cc2)CCCCC1=O. The molecular weight excluding hydrogens is 238 g/mol. The molecule has 1 aliphatic carbocycles. The highest BCUT2D eigenvalue weighted by Crippen LogP contribution is 2.35. The normalized spacial score (nSPS) is 23.4. The lowest BCUT2D eigenvalue weighted by Gasteiger charge is -2.37. The van der Waals surface area contributed by atoms with Crippen molar-refractivity contribution in [1.29, 1.82) is 0 Å². The summed E-state index contributed by atoms with van der Waals surface area (Å²) in [7, 11) is 1.66. The molecule has 0 radical (unpaired) electrons. The van der Waals surface area contributed by atoms with Gasteiger partial charge in [-0.1, -0.05) is 25.5 Å². The van der Waals surface area contributed by atoms with Gasteiger partial charge in [0.2, 0.25) is 0 Å². The summed E-state index contributed by atoms with van der Waals surface area (Å²) in [4.78, 5) is 12.5. The molecule has 0 heterocycles. The van der Waals surface area contributed by atoms with Gasteiger partial charge in [0.15, 0.2) is 5.78 Å². The Bertz CT molecular complexity index is 427. The van der Waals surface area contributed by atoms with Crippen LogP contribution in [0, 0.1) is 0 Å². The molecule has 0 bridgehead atoms. The van der Waals surface area contributed by atoms with E-state index in [-0.39, 0.29) is 0 Å². The number of hydrogen-bond acceptors (Lipinski definition) is 3. The van der Waals surface area contributed by atoms with E-state index in [4.69, 9.17) is 4.74 Å². The molecule has 0 saturated heterocycles. The van der Waals surface area contributed by atoms with Gasteiger partial charge in [-0.2, -0.15) is 0 Å². The number of carbonyl (C=O) groups is 1. The first kappa shape index (κ1) is 14.1. The Morgan fingerprint density at radius 2 is 2.00 bits per heavy atom. The molecule has 1 saturated carbocycles. The summed E-state index contributed by atoms with van der Waals surface area (Å²) in [6.45, 7) is 3.00. The third-order valence-corrected chi connectivity index (χ3v) is 3.94. The third kappa shape index (κ3) is 2.81. The molecule has 0 aromatic heterocycles. The zero-order valence-corrected chi connectivity index (χ0v) is 11.9. The summed E-state index contributed by atoms with van der Waals surface area (Å²) in [6.07, 6.45) is 4.74. The van der Waals surface area contributed by atoms with E-state index in [1.165, 1.54) is 0 Å². The van der Waals surface area contributed by atoms with Crippen molar-refractivity contribution in [1.82, 2.24) is 5.32 Å². The zero-order chi connectivity index (χ0) is 13.7. The Hall–Kier alpha value is -1.35. The summed E-state index contributed by atoms with van der Waals surface area (Å²) >= 11 is 0. The highest BCUT2D eigenvalue weighted by atomic mass is 16.5. The van der Waals surface area contributed by atoms with E-state index in [0.717, 1.165) is 43.5 Å². The number of nitrogens with one attached hydrogen (secondary N) is 1. The van der Waals surface area contributed by atoms with Crippen LogP contribution >= 0.6 is 0 Å². The second kappa shape index (κ2) is 6.20. The van der Waals surface area contributed by atoms with Crippen molar-refractivity contribution in [3.8, 4) is 5.75 Å². The lowest BCUT2D eigenvalue weighted by Crippen LogP contribution is -2.51. The molecule has 2 rings (SSSR count). The standard InChI is InChI=1S/C16H23NO2/c1-3-12-17-16(11-5-4-6-15(16)18)13-7-9-14(19-2)10-8-13/h7-10,17H,3-6,11-12H2,1-2H3/t16-/m1/s1. The molecule has 0 spiro atoms. The second-order valence-corrected chi connectivity index (χ2v) is 5.19. The smallest absolute Gasteiger partial charge is 0.157 e. The van der Waals surface area contributed by atoms with Crippen molar-refractivity contribution >= 4 is 5.78 Å². The van der Waals surface area contributed by atoms with Gasteiger partial charge in [0.1, 0.15) is 11.3 Å². The Balaban J connectivity index is 2.32. The lowest BCUT2D eigenvalue weighted by molar-refractivity contribution is -0.128. The first-order valence-electron chi connectivity index (χ1n) is 7.16. The molecule has 19 heavy (non-hydrogen) atoms. The molecule has 104 valence electrons. The average molecular weight is 261 g/mol. The van der Waals surface area contributed by atoms with Gasteiger partial charge < -0.3 is 10.1 Å². The molecule has 0 aliphatic heterocycles. The van der Waals surface area contributed by atoms with Crippen molar-refractivity contribution in [2.75, 3.05) is 13.7 Å². The summed E-state index contributed by atoms with van der Waals surface area (Å²) in [6, 6.07) is 7.91. The molecule has 3 heteroatoms. The van der Waals surface area contributed by atoms with Crippen LogP contribution < -0.4 is 10.1 Å². The fourth-order valence-corrected chi connectivity index (χ4v) is 2.84. The lowest BCUT2D eigenvalue weighted by atomic mass is 9.75. The molecule has 3 nitrogen and oxygen atoms in total. The fourth-order valence-electron chi connectivity index (χ4n) is 2.84. The van der Waals surface area contributed by atoms with Crippen LogP contribution in [0.5, 0.6) is 5.75 Å². The van der Waals surface area contributed by atoms with E-state index in [0.29, 0.717) is 12.2 Å². The quantitative estimate of drug-likeness (QED) is 0.885. The summed E-state index contributed by atoms with van der Waals surface area (Å²) in [5.74, 6) is 1.16. The van der Waals surface area contributed by atoms with Crippen molar-refractivity contribution in [3.05, 3.63) is 29.8 Å². The second-order valence-electron chi connectivity index (χ2n) is 5.19. The summed E-state index contributed by atoms with van der Waals surface area (Å²) < 4.78 is 5.19. The number of rotatable bonds is 5. The van der Waals surface area contributed by atoms with Crippen molar-refractivity contribution in [2.24, 2.45) is 0 Å². The Labute approximate surface area is 115 Å². The molecule has 1 N–H and O–H groups in total. The predicted molar refractivity (Wildman–Crippen MR) is 76.4 cm³/mol. The number of ether oxygens (including phenoxy) is 1. The van der Waals surface area contributed by atoms with Crippen LogP contribution in [0.4, 0.5) is 0 Å². The summed E-state index contributed by atoms with van der Waals surface area (Å²) in [5, 5.41) is 3.50. The van der Waals surface area contributed by atoms with Crippen molar-refractivity contribution in [3.63, 3.8) is 0 Å². The summed E-state index contributed by atoms with van der Waals surface area (Å²) in [5.41, 5.74) is 0.604. The van der Waals surface area contributed by atoms with E-state index in [1.807, 2.05) is 24.3 Å². The van der Waals surface area contributed by atoms with Crippen LogP contribution in [0.2, 0.25) is 0 Å². The van der Waals surface area contributed by atoms with Gasteiger partial charge in [0, 0.05) is 6.42 Å². The van der Waals surface area contributed by atoms with Gasteiger partial charge in [-0.3, -0.25) is 4.79 Å². The monoisotopic (exact) mass is 261 g/mol. The van der Waals surface area contributed by atoms with Crippen LogP contribution in [-0.4, -0.2) is 19.4 Å². The molecule has 1 atom stereocenters. The minimum absolute atomic E-state index is 0.331. The first-order valence-corrected chi connectivity index (χ1v) is 7.16. The Kier molecular flexibility index (Phi) is 4.59. The van der Waals surface area contributed by atoms with E-state index >= 15 is 0 Å². The molecule has 1 aromatic rings. The van der Waals surface area contributed by atoms with Crippen LogP contribution in [0.25, 0.3) is 0 Å². The zero-order valence-electron chi connectivity index (χ0n) is 11.9. The van der Waals surface area contributed by atoms with Crippen molar-refractivity contribution < 1.29 is 9.53 Å². The van der Waals surface area contributed by atoms with Crippen LogP contribution in [0.1, 0.15) is 44.6 Å². The maximum absolute atomic E-state index is 12.5. The molecule has 1 aliphatic rings. The molecule has 1 fully saturated rings. The largest absolute Gasteiger partial charge is 0.497 e. The molecule has 0 unspecified atom stereocenters. The van der Waals surface area contributed by atoms with Gasteiger partial charge in [-0.15, -0.1) is 0 Å². The third-order valence-electron chi connectivity index (χ3n) is 3.94. The van der Waals surface area contributed by atoms with E-state index in [2.05, 4.69) is 12.2 Å². The fraction of sp³-hybridized carbons (Fsp3) is 0.562. The minimum atomic E-state index is -0.472. The Morgan fingerprint density at radius 3 is 2.58 bits per heavy atom. The minimum Gasteiger partial charge on any atom is -0.497 e. The maximum Gasteiger partial charge on any atom is 0.157 e. The first-order chi connectivity index (χ1) is 9.23. The van der Waals surface area contributed by atoms with Gasteiger partial charge in [0.05, 0.1) is 7.11 Å². The number of carbonyl (C=O) groups excluding carboxylic acids is 1. The number of Topliss-reactive ketones (excluding diaryl/α,β-unsaturated/α-hetero) is 1. The van der Waals surface area contributed by atoms with E-state index < -0.39 is 5.54 Å². The number of ketones is 1. The van der Waals surface area contributed by atoms with Crippen molar-refractivity contribution in [2.45, 2.75) is 44.6 Å². The van der Waals surface area contributed by atoms with Gasteiger partial charge >= 0.3 is 0 Å². The average Bonchev–Trinajstić information content (AvgIpc) is 2.47. The van der Waals surface area contributed by atoms with E-state index in [1.54, 1.807) is 7.11 Å². The topological polar surface area (TPSA) is 38.3 Å². The van der Waals surface area contributed by atoms with Crippen LogP contribution in [0.15, 0.2) is 24.3 Å². The van der Waals surface area contributed by atoms with Crippen LogP contribution in [-0.2, 0) is 10.3 Å². The predicted octanol–water partition coefficient (Wildman–Crippen LogP) is 3.03. The number of methoxy groups -OCH3 is 1. The van der Waals surface area contributed by atoms with Gasteiger partial charge in [-0.05, 0) is 43.5 Å². The molecule has 1 aromatic carbocycles. The van der Waals surface area contributed by atoms with E-state index in [9.17, 15) is 4.79 Å². The van der Waals surface area contributed by atoms with Gasteiger partial charge in [-0.25, -0.2) is 0 Å². The highest BCUT2D eigenvalue weighted by Gasteiger charge is 2.40. The van der Waals surface area contributed by atoms with Crippen LogP contribution in [0.3, 0.4) is 0 Å². The maximum atomic E-state index is 12.5.